The summed E-state index contributed by atoms with van der Waals surface area (Å²) in [5, 5.41) is 2.52. The van der Waals surface area contributed by atoms with Crippen LogP contribution in [0.3, 0.4) is 0 Å². The molecule has 3 aromatic rings. The molecule has 208 valence electrons. The van der Waals surface area contributed by atoms with Crippen LogP contribution in [-0.2, 0) is 31.1 Å². The number of rotatable bonds is 7. The third-order valence-electron chi connectivity index (χ3n) is 7.02. The van der Waals surface area contributed by atoms with Crippen LogP contribution >= 0.6 is 23.1 Å². The fourth-order valence-electron chi connectivity index (χ4n) is 5.00. The van der Waals surface area contributed by atoms with E-state index < -0.39 is 34.4 Å². The Hall–Kier alpha value is -3.90. The van der Waals surface area contributed by atoms with E-state index in [4.69, 9.17) is 9.47 Å². The SMILES string of the molecule is CCOC(=O)c1ccc(N2C(=O)C3Sc4c(sc(=O)n4CC(=O)Nc4ccc(OC)cc4)C(C)(C)C3C2=O)cc1. The molecule has 5 rings (SSSR count). The number of hydrogen-bond acceptors (Lipinski definition) is 9. The molecule has 10 nitrogen and oxygen atoms in total. The zero-order valence-electron chi connectivity index (χ0n) is 22.3. The fourth-order valence-corrected chi connectivity index (χ4v) is 8.04. The van der Waals surface area contributed by atoms with E-state index in [9.17, 15) is 24.0 Å². The molecule has 1 fully saturated rings. The van der Waals surface area contributed by atoms with E-state index in [1.54, 1.807) is 50.4 Å². The average molecular weight is 582 g/mol. The zero-order chi connectivity index (χ0) is 28.8. The number of nitrogens with zero attached hydrogens (tertiary/aromatic N) is 2. The van der Waals surface area contributed by atoms with E-state index >= 15 is 0 Å². The van der Waals surface area contributed by atoms with Gasteiger partial charge in [-0.05, 0) is 55.5 Å². The second kappa shape index (κ2) is 10.6. The third kappa shape index (κ3) is 4.71. The predicted octanol–water partition coefficient (Wildman–Crippen LogP) is 3.68. The number of imide groups is 1. The lowest BCUT2D eigenvalue weighted by atomic mass is 9.76. The van der Waals surface area contributed by atoms with Gasteiger partial charge in [0.05, 0.1) is 35.9 Å². The molecule has 3 amide bonds. The van der Waals surface area contributed by atoms with Gasteiger partial charge in [-0.3, -0.25) is 23.7 Å². The lowest BCUT2D eigenvalue weighted by Gasteiger charge is -2.36. The van der Waals surface area contributed by atoms with Crippen LogP contribution in [0.15, 0.2) is 58.4 Å². The number of thiazole rings is 1. The Labute approximate surface area is 238 Å². The van der Waals surface area contributed by atoms with Gasteiger partial charge in [0.25, 0.3) is 0 Å². The maximum Gasteiger partial charge on any atom is 0.338 e. The van der Waals surface area contributed by atoms with E-state index in [0.717, 1.165) is 28.0 Å². The van der Waals surface area contributed by atoms with Crippen LogP contribution in [0, 0.1) is 5.92 Å². The van der Waals surface area contributed by atoms with Crippen molar-refractivity contribution in [2.75, 3.05) is 23.9 Å². The van der Waals surface area contributed by atoms with Gasteiger partial charge in [-0.15, -0.1) is 0 Å². The number of nitrogens with one attached hydrogen (secondary N) is 1. The Balaban J connectivity index is 1.40. The van der Waals surface area contributed by atoms with Crippen LogP contribution in [0.2, 0.25) is 0 Å². The molecule has 2 atom stereocenters. The van der Waals surface area contributed by atoms with Crippen LogP contribution < -0.4 is 19.8 Å². The molecule has 2 aliphatic heterocycles. The number of amides is 3. The summed E-state index contributed by atoms with van der Waals surface area (Å²) in [6.07, 6.45) is 0. The molecule has 40 heavy (non-hydrogen) atoms. The normalized spacial score (nSPS) is 19.1. The number of anilines is 2. The minimum atomic E-state index is -0.834. The fraction of sp³-hybridized carbons (Fsp3) is 0.321. The first-order valence-corrected chi connectivity index (χ1v) is 14.3. The van der Waals surface area contributed by atoms with Gasteiger partial charge in [0.15, 0.2) is 0 Å². The van der Waals surface area contributed by atoms with Crippen LogP contribution in [0.5, 0.6) is 5.75 Å². The number of methoxy groups -OCH3 is 1. The highest BCUT2D eigenvalue weighted by Crippen LogP contribution is 2.54. The number of fused-ring (bicyclic) bond motifs is 2. The standard InChI is InChI=1S/C28H27N3O7S2/c1-5-38-26(35)15-6-10-17(11-7-15)31-23(33)20-21(24(31)34)39-25-22(28(20,2)3)40-27(36)30(25)14-19(32)29-16-8-12-18(37-4)13-9-16/h6-13,20-21H,5,14H2,1-4H3,(H,29,32). The summed E-state index contributed by atoms with van der Waals surface area (Å²) in [6.45, 7) is 5.40. The number of benzene rings is 2. The first-order chi connectivity index (χ1) is 19.1. The number of carbonyl (C=O) groups is 4. The summed E-state index contributed by atoms with van der Waals surface area (Å²) in [7, 11) is 1.55. The van der Waals surface area contributed by atoms with Crippen molar-refractivity contribution in [3.63, 3.8) is 0 Å². The molecule has 12 heteroatoms. The number of thioether (sulfide) groups is 1. The van der Waals surface area contributed by atoms with Crippen molar-refractivity contribution in [1.29, 1.82) is 0 Å². The summed E-state index contributed by atoms with van der Waals surface area (Å²) >= 11 is 2.14. The molecule has 1 aromatic heterocycles. The topological polar surface area (TPSA) is 124 Å². The van der Waals surface area contributed by atoms with Gasteiger partial charge >= 0.3 is 10.8 Å². The quantitative estimate of drug-likeness (QED) is 0.331. The number of aromatic nitrogens is 1. The molecule has 0 saturated carbocycles. The maximum atomic E-state index is 13.7. The summed E-state index contributed by atoms with van der Waals surface area (Å²) in [6, 6.07) is 13.0. The number of esters is 1. The van der Waals surface area contributed by atoms with Crippen LogP contribution in [0.1, 0.15) is 36.0 Å². The molecule has 0 spiro atoms. The van der Waals surface area contributed by atoms with Gasteiger partial charge < -0.3 is 14.8 Å². The highest BCUT2D eigenvalue weighted by atomic mass is 32.2. The third-order valence-corrected chi connectivity index (χ3v) is 9.84. The Morgan fingerprint density at radius 3 is 2.30 bits per heavy atom. The largest absolute Gasteiger partial charge is 0.497 e. The molecule has 2 aromatic carbocycles. The molecule has 0 bridgehead atoms. The molecule has 0 aliphatic carbocycles. The zero-order valence-corrected chi connectivity index (χ0v) is 23.9. The monoisotopic (exact) mass is 581 g/mol. The number of hydrogen-bond donors (Lipinski definition) is 1. The summed E-state index contributed by atoms with van der Waals surface area (Å²) in [5.41, 5.74) is 0.390. The average Bonchev–Trinajstić information content (AvgIpc) is 3.38. The first-order valence-electron chi connectivity index (χ1n) is 12.6. The molecule has 2 unspecified atom stereocenters. The Morgan fingerprint density at radius 2 is 1.68 bits per heavy atom. The van der Waals surface area contributed by atoms with Gasteiger partial charge in [-0.25, -0.2) is 9.69 Å². The van der Waals surface area contributed by atoms with Crippen LogP contribution in [0.25, 0.3) is 0 Å². The second-order valence-electron chi connectivity index (χ2n) is 9.88. The van der Waals surface area contributed by atoms with E-state index in [-0.39, 0.29) is 23.9 Å². The van der Waals surface area contributed by atoms with Crippen molar-refractivity contribution in [3.8, 4) is 5.75 Å². The molecule has 0 radical (unpaired) electrons. The van der Waals surface area contributed by atoms with E-state index in [0.29, 0.717) is 32.6 Å². The molecular weight excluding hydrogens is 554 g/mol. The van der Waals surface area contributed by atoms with Crippen molar-refractivity contribution in [2.24, 2.45) is 5.92 Å². The number of ether oxygens (including phenoxy) is 2. The summed E-state index contributed by atoms with van der Waals surface area (Å²) < 4.78 is 11.5. The highest BCUT2D eigenvalue weighted by molar-refractivity contribution is 8.00. The van der Waals surface area contributed by atoms with E-state index in [1.165, 1.54) is 16.7 Å². The van der Waals surface area contributed by atoms with Gasteiger partial charge in [0, 0.05) is 16.0 Å². The molecule has 1 N–H and O–H groups in total. The minimum absolute atomic E-state index is 0.234. The predicted molar refractivity (Wildman–Crippen MR) is 151 cm³/mol. The van der Waals surface area contributed by atoms with Crippen LogP contribution in [-0.4, -0.2) is 47.2 Å². The van der Waals surface area contributed by atoms with Crippen molar-refractivity contribution in [3.05, 3.63) is 68.6 Å². The Morgan fingerprint density at radius 1 is 1.00 bits per heavy atom. The van der Waals surface area contributed by atoms with E-state index in [1.807, 2.05) is 13.8 Å². The highest BCUT2D eigenvalue weighted by Gasteiger charge is 2.59. The molecule has 1 saturated heterocycles. The Kier molecular flexibility index (Phi) is 7.32. The minimum Gasteiger partial charge on any atom is -0.497 e. The lowest BCUT2D eigenvalue weighted by Crippen LogP contribution is -2.41. The van der Waals surface area contributed by atoms with Gasteiger partial charge in [0.1, 0.15) is 17.5 Å². The molecular formula is C28H27N3O7S2. The maximum absolute atomic E-state index is 13.7. The second-order valence-corrected chi connectivity index (χ2v) is 12.0. The smallest absolute Gasteiger partial charge is 0.338 e. The summed E-state index contributed by atoms with van der Waals surface area (Å²) in [5.74, 6) is -1.72. The van der Waals surface area contributed by atoms with E-state index in [2.05, 4.69) is 5.32 Å². The Bertz CT molecular complexity index is 1560. The summed E-state index contributed by atoms with van der Waals surface area (Å²) in [4.78, 5) is 66.7. The first kappa shape index (κ1) is 27.7. The van der Waals surface area contributed by atoms with Crippen molar-refractivity contribution < 1.29 is 28.7 Å². The van der Waals surface area contributed by atoms with Gasteiger partial charge in [-0.2, -0.15) is 0 Å². The van der Waals surface area contributed by atoms with Gasteiger partial charge in [0.2, 0.25) is 17.7 Å². The lowest BCUT2D eigenvalue weighted by molar-refractivity contribution is -0.123. The molecule has 2 aliphatic rings. The van der Waals surface area contributed by atoms with Crippen molar-refractivity contribution in [1.82, 2.24) is 4.57 Å². The van der Waals surface area contributed by atoms with Crippen LogP contribution in [0.4, 0.5) is 11.4 Å². The number of carbonyl (C=O) groups excluding carboxylic acids is 4. The van der Waals surface area contributed by atoms with Crippen molar-refractivity contribution >= 4 is 58.2 Å². The molecule has 3 heterocycles. The van der Waals surface area contributed by atoms with Gasteiger partial charge in [-0.1, -0.05) is 36.9 Å². The van der Waals surface area contributed by atoms with Crippen molar-refractivity contribution in [2.45, 2.75) is 43.0 Å².